The Morgan fingerprint density at radius 1 is 1.16 bits per heavy atom. The van der Waals surface area contributed by atoms with Crippen LogP contribution in [0.4, 0.5) is 15.8 Å². The van der Waals surface area contributed by atoms with E-state index in [2.05, 4.69) is 9.97 Å². The number of carbonyl (C=O) groups is 1. The number of carboxylic acid groups (broad SMARTS) is 1. The summed E-state index contributed by atoms with van der Waals surface area (Å²) in [5.74, 6) is -1.30. The monoisotopic (exact) mass is 415 g/mol. The Hall–Kier alpha value is -4.20. The predicted molar refractivity (Wildman–Crippen MR) is 117 cm³/mol. The largest absolute Gasteiger partial charge is 0.478 e. The van der Waals surface area contributed by atoms with Crippen molar-refractivity contribution in [3.05, 3.63) is 72.2 Å². The fourth-order valence-corrected chi connectivity index (χ4v) is 3.92. The first kappa shape index (κ1) is 18.8. The lowest BCUT2D eigenvalue weighted by atomic mass is 10.1. The third-order valence-electron chi connectivity index (χ3n) is 5.43. The summed E-state index contributed by atoms with van der Waals surface area (Å²) in [5, 5.41) is 15.1. The molecule has 0 amide bonds. The number of aryl methyl sites for hydroxylation is 1. The van der Waals surface area contributed by atoms with Crippen LogP contribution in [0.25, 0.3) is 33.3 Å². The number of aromatic nitrogens is 4. The highest BCUT2D eigenvalue weighted by atomic mass is 19.1. The van der Waals surface area contributed by atoms with Crippen LogP contribution in [-0.4, -0.2) is 37.9 Å². The molecule has 5 rings (SSSR count). The number of aromatic amines is 1. The number of carboxylic acids is 1. The molecule has 5 aromatic rings. The molecule has 0 saturated heterocycles. The Morgan fingerprint density at radius 3 is 2.68 bits per heavy atom. The van der Waals surface area contributed by atoms with Crippen LogP contribution in [0, 0.1) is 5.82 Å². The van der Waals surface area contributed by atoms with Crippen molar-refractivity contribution in [3.63, 3.8) is 0 Å². The Bertz CT molecular complexity index is 1450. The maximum absolute atomic E-state index is 13.3. The molecule has 3 aromatic heterocycles. The van der Waals surface area contributed by atoms with Crippen LogP contribution in [0.15, 0.2) is 60.8 Å². The van der Waals surface area contributed by atoms with Gasteiger partial charge in [0.15, 0.2) is 0 Å². The van der Waals surface area contributed by atoms with Crippen molar-refractivity contribution in [3.8, 4) is 11.4 Å². The van der Waals surface area contributed by atoms with E-state index in [-0.39, 0.29) is 11.4 Å². The molecule has 0 atom stereocenters. The molecule has 0 spiro atoms. The zero-order valence-electron chi connectivity index (χ0n) is 16.8. The molecule has 0 radical (unpaired) electrons. The minimum absolute atomic E-state index is 0.160. The molecule has 8 heteroatoms. The average molecular weight is 415 g/mol. The third kappa shape index (κ3) is 3.00. The van der Waals surface area contributed by atoms with Gasteiger partial charge in [-0.3, -0.25) is 9.67 Å². The molecule has 0 unspecified atom stereocenters. The van der Waals surface area contributed by atoms with Gasteiger partial charge in [0.2, 0.25) is 0 Å². The van der Waals surface area contributed by atoms with Gasteiger partial charge >= 0.3 is 5.97 Å². The summed E-state index contributed by atoms with van der Waals surface area (Å²) in [5.41, 5.74) is 5.22. The van der Waals surface area contributed by atoms with E-state index in [1.54, 1.807) is 22.9 Å². The maximum atomic E-state index is 13.3. The number of H-pyrrole nitrogens is 1. The van der Waals surface area contributed by atoms with Crippen LogP contribution in [0.1, 0.15) is 10.4 Å². The minimum atomic E-state index is -1.02. The number of halogens is 1. The Balaban J connectivity index is 1.68. The molecular weight excluding hydrogens is 397 g/mol. The quantitative estimate of drug-likeness (QED) is 0.443. The van der Waals surface area contributed by atoms with Gasteiger partial charge in [-0.25, -0.2) is 9.18 Å². The molecule has 2 aromatic carbocycles. The number of hydrogen-bond donors (Lipinski definition) is 2. The maximum Gasteiger partial charge on any atom is 0.337 e. The molecule has 0 aliphatic rings. The Labute approximate surface area is 176 Å². The van der Waals surface area contributed by atoms with E-state index in [4.69, 9.17) is 5.10 Å². The van der Waals surface area contributed by atoms with Crippen molar-refractivity contribution < 1.29 is 14.3 Å². The first-order valence-corrected chi connectivity index (χ1v) is 9.60. The van der Waals surface area contributed by atoms with E-state index in [9.17, 15) is 14.3 Å². The van der Waals surface area contributed by atoms with Crippen LogP contribution >= 0.6 is 0 Å². The second-order valence-corrected chi connectivity index (χ2v) is 7.29. The molecule has 0 saturated carbocycles. The normalized spacial score (nSPS) is 11.3. The van der Waals surface area contributed by atoms with E-state index in [1.165, 1.54) is 24.4 Å². The highest BCUT2D eigenvalue weighted by Gasteiger charge is 2.19. The van der Waals surface area contributed by atoms with Crippen LogP contribution in [-0.2, 0) is 7.05 Å². The number of para-hydroxylation sites is 1. The van der Waals surface area contributed by atoms with Gasteiger partial charge in [0.05, 0.1) is 33.5 Å². The lowest BCUT2D eigenvalue weighted by Gasteiger charge is -2.20. The van der Waals surface area contributed by atoms with Crippen LogP contribution in [0.2, 0.25) is 0 Å². The van der Waals surface area contributed by atoms with Crippen LogP contribution in [0.3, 0.4) is 0 Å². The van der Waals surface area contributed by atoms with Crippen molar-refractivity contribution in [1.82, 2.24) is 19.7 Å². The Morgan fingerprint density at radius 2 is 1.94 bits per heavy atom. The number of benzene rings is 2. The van der Waals surface area contributed by atoms with Gasteiger partial charge in [-0.15, -0.1) is 0 Å². The van der Waals surface area contributed by atoms with Gasteiger partial charge in [0.1, 0.15) is 11.5 Å². The second-order valence-electron chi connectivity index (χ2n) is 7.29. The van der Waals surface area contributed by atoms with Gasteiger partial charge in [0.25, 0.3) is 0 Å². The standard InChI is InChI=1S/C23H18FN5O2/c1-28(14-8-6-13(24)7-9-14)19-5-3-4-15-21(27-29(2)22(15)19)18-12-17-20(26-18)16(23(30)31)10-11-25-17/h3-12,26H,1-2H3,(H,30,31). The SMILES string of the molecule is CN(c1ccc(F)cc1)c1cccc2c(-c3cc4nccc(C(=O)O)c4[nH]3)nn(C)c12. The Kier molecular flexibility index (Phi) is 4.21. The third-order valence-corrected chi connectivity index (χ3v) is 5.43. The number of anilines is 2. The zero-order chi connectivity index (χ0) is 21.7. The van der Waals surface area contributed by atoms with Crippen molar-refractivity contribution in [2.24, 2.45) is 7.05 Å². The van der Waals surface area contributed by atoms with E-state index >= 15 is 0 Å². The molecule has 0 aliphatic heterocycles. The highest BCUT2D eigenvalue weighted by molar-refractivity contribution is 6.05. The molecule has 31 heavy (non-hydrogen) atoms. The fraction of sp³-hybridized carbons (Fsp3) is 0.0870. The summed E-state index contributed by atoms with van der Waals surface area (Å²) in [6.07, 6.45) is 1.48. The van der Waals surface area contributed by atoms with Gasteiger partial charge in [0, 0.05) is 31.4 Å². The van der Waals surface area contributed by atoms with Crippen molar-refractivity contribution in [2.45, 2.75) is 0 Å². The number of fused-ring (bicyclic) bond motifs is 2. The van der Waals surface area contributed by atoms with E-state index in [1.807, 2.05) is 37.2 Å². The number of aromatic carboxylic acids is 1. The number of pyridine rings is 1. The average Bonchev–Trinajstić information content (AvgIpc) is 3.34. The second kappa shape index (κ2) is 6.94. The zero-order valence-corrected chi connectivity index (χ0v) is 16.8. The molecule has 2 N–H and O–H groups in total. The first-order valence-electron chi connectivity index (χ1n) is 9.60. The molecule has 0 fully saturated rings. The number of hydrogen-bond acceptors (Lipinski definition) is 4. The topological polar surface area (TPSA) is 87.0 Å². The lowest BCUT2D eigenvalue weighted by molar-refractivity contribution is 0.0698. The predicted octanol–water partition coefficient (Wildman–Crippen LogP) is 4.72. The number of nitrogens with one attached hydrogen (secondary N) is 1. The molecule has 0 bridgehead atoms. The summed E-state index contributed by atoms with van der Waals surface area (Å²) >= 11 is 0. The molecule has 154 valence electrons. The van der Waals surface area contributed by atoms with Gasteiger partial charge in [-0.1, -0.05) is 12.1 Å². The van der Waals surface area contributed by atoms with E-state index in [0.29, 0.717) is 22.4 Å². The summed E-state index contributed by atoms with van der Waals surface area (Å²) in [6.45, 7) is 0. The molecule has 3 heterocycles. The van der Waals surface area contributed by atoms with E-state index in [0.717, 1.165) is 22.3 Å². The van der Waals surface area contributed by atoms with Crippen molar-refractivity contribution in [2.75, 3.05) is 11.9 Å². The van der Waals surface area contributed by atoms with Gasteiger partial charge in [-0.05, 0) is 42.5 Å². The van der Waals surface area contributed by atoms with Crippen molar-refractivity contribution in [1.29, 1.82) is 0 Å². The first-order chi connectivity index (χ1) is 14.9. The number of rotatable bonds is 4. The summed E-state index contributed by atoms with van der Waals surface area (Å²) < 4.78 is 15.1. The van der Waals surface area contributed by atoms with E-state index < -0.39 is 5.97 Å². The highest BCUT2D eigenvalue weighted by Crippen LogP contribution is 2.36. The van der Waals surface area contributed by atoms with Crippen molar-refractivity contribution >= 4 is 39.3 Å². The summed E-state index contributed by atoms with van der Waals surface area (Å²) in [4.78, 5) is 21.0. The minimum Gasteiger partial charge on any atom is -0.478 e. The smallest absolute Gasteiger partial charge is 0.337 e. The fourth-order valence-electron chi connectivity index (χ4n) is 3.92. The molecule has 7 nitrogen and oxygen atoms in total. The number of nitrogens with zero attached hydrogens (tertiary/aromatic N) is 4. The lowest BCUT2D eigenvalue weighted by Crippen LogP contribution is -2.11. The molecule has 0 aliphatic carbocycles. The van der Waals surface area contributed by atoms with Crippen LogP contribution in [0.5, 0.6) is 0 Å². The van der Waals surface area contributed by atoms with Gasteiger partial charge in [-0.2, -0.15) is 5.10 Å². The summed E-state index contributed by atoms with van der Waals surface area (Å²) in [6, 6.07) is 15.5. The molecular formula is C23H18FN5O2. The van der Waals surface area contributed by atoms with Gasteiger partial charge < -0.3 is 15.0 Å². The summed E-state index contributed by atoms with van der Waals surface area (Å²) in [7, 11) is 3.78. The van der Waals surface area contributed by atoms with Crippen LogP contribution < -0.4 is 4.90 Å².